The molecular formula is C20H27F6N7O6. The van der Waals surface area contributed by atoms with Gasteiger partial charge in [-0.3, -0.25) is 19.1 Å². The standard InChI is InChI=1S/C16H25N7O2.2C2HF3O2/c1-20(2)15(24)11-25-10-13-8-23(7-12-5-17-21(3)6-12)9-14-16(13)22(4)19-18-14;2*3-2(4,5)1(6)7/h5-6,13H,7-11H2,1-4H3;2*(H,6,7). The minimum atomic E-state index is -5.08. The minimum Gasteiger partial charge on any atom is -0.475 e. The number of aryl methyl sites for hydroxylation is 2. The van der Waals surface area contributed by atoms with Crippen molar-refractivity contribution in [3.63, 3.8) is 0 Å². The van der Waals surface area contributed by atoms with Gasteiger partial charge in [0.2, 0.25) is 5.91 Å². The fourth-order valence-electron chi connectivity index (χ4n) is 3.18. The van der Waals surface area contributed by atoms with Crippen LogP contribution in [0.4, 0.5) is 26.3 Å². The van der Waals surface area contributed by atoms with Crippen molar-refractivity contribution in [2.45, 2.75) is 31.4 Å². The molecule has 1 aliphatic rings. The molecule has 1 unspecified atom stereocenters. The van der Waals surface area contributed by atoms with Gasteiger partial charge >= 0.3 is 24.3 Å². The van der Waals surface area contributed by atoms with Crippen LogP contribution in [0.5, 0.6) is 0 Å². The van der Waals surface area contributed by atoms with Gasteiger partial charge in [0.15, 0.2) is 0 Å². The Balaban J connectivity index is 0.000000449. The van der Waals surface area contributed by atoms with Crippen LogP contribution >= 0.6 is 0 Å². The fraction of sp³-hybridized carbons (Fsp3) is 0.600. The van der Waals surface area contributed by atoms with Crippen molar-refractivity contribution < 1.29 is 55.7 Å². The summed E-state index contributed by atoms with van der Waals surface area (Å²) in [6, 6.07) is 0. The molecule has 39 heavy (non-hydrogen) atoms. The van der Waals surface area contributed by atoms with Crippen molar-refractivity contribution in [3.8, 4) is 0 Å². The van der Waals surface area contributed by atoms with Crippen molar-refractivity contribution in [1.29, 1.82) is 0 Å². The number of nitrogens with zero attached hydrogens (tertiary/aromatic N) is 7. The Hall–Kier alpha value is -3.74. The number of rotatable bonds is 6. The van der Waals surface area contributed by atoms with E-state index in [9.17, 15) is 31.1 Å². The van der Waals surface area contributed by atoms with E-state index in [0.717, 1.165) is 36.6 Å². The third kappa shape index (κ3) is 11.3. The summed E-state index contributed by atoms with van der Waals surface area (Å²) in [6.45, 7) is 2.95. The highest BCUT2D eigenvalue weighted by Crippen LogP contribution is 2.27. The quantitative estimate of drug-likeness (QED) is 0.477. The summed E-state index contributed by atoms with van der Waals surface area (Å²) in [6.07, 6.45) is -6.26. The van der Waals surface area contributed by atoms with Crippen molar-refractivity contribution in [2.75, 3.05) is 33.9 Å². The van der Waals surface area contributed by atoms with E-state index in [1.165, 1.54) is 4.90 Å². The number of alkyl halides is 6. The Morgan fingerprint density at radius 1 is 1.08 bits per heavy atom. The van der Waals surface area contributed by atoms with Gasteiger partial charge in [-0.05, 0) is 0 Å². The SMILES string of the molecule is CN(C)C(=O)COCC1CN(Cc2cnn(C)c2)Cc2nnn(C)c21.O=C(O)C(F)(F)F.O=C(O)C(F)(F)F. The van der Waals surface area contributed by atoms with Gasteiger partial charge in [-0.25, -0.2) is 9.59 Å². The Morgan fingerprint density at radius 3 is 2.05 bits per heavy atom. The fourth-order valence-corrected chi connectivity index (χ4v) is 3.18. The summed E-state index contributed by atoms with van der Waals surface area (Å²) in [4.78, 5) is 33.3. The summed E-state index contributed by atoms with van der Waals surface area (Å²) in [5, 5.41) is 26.9. The second-order valence-electron chi connectivity index (χ2n) is 8.34. The number of likely N-dealkylation sites (N-methyl/N-ethyl adjacent to an activating group) is 1. The van der Waals surface area contributed by atoms with Gasteiger partial charge in [0.25, 0.3) is 0 Å². The van der Waals surface area contributed by atoms with Crippen LogP contribution in [0.1, 0.15) is 22.9 Å². The minimum absolute atomic E-state index is 0.0358. The molecule has 0 spiro atoms. The molecule has 0 aliphatic carbocycles. The predicted molar refractivity (Wildman–Crippen MR) is 118 cm³/mol. The van der Waals surface area contributed by atoms with Gasteiger partial charge in [-0.15, -0.1) is 5.10 Å². The van der Waals surface area contributed by atoms with E-state index in [2.05, 4.69) is 20.3 Å². The highest BCUT2D eigenvalue weighted by molar-refractivity contribution is 5.76. The van der Waals surface area contributed by atoms with Crippen LogP contribution in [0.2, 0.25) is 0 Å². The van der Waals surface area contributed by atoms with E-state index in [0.29, 0.717) is 6.61 Å². The number of halogens is 6. The second kappa shape index (κ2) is 13.9. The zero-order valence-electron chi connectivity index (χ0n) is 21.2. The first-order valence-electron chi connectivity index (χ1n) is 10.8. The summed E-state index contributed by atoms with van der Waals surface area (Å²) in [5.74, 6) is -5.42. The molecule has 1 atom stereocenters. The number of hydrogen-bond acceptors (Lipinski definition) is 8. The van der Waals surface area contributed by atoms with Crippen LogP contribution in [0.15, 0.2) is 12.4 Å². The highest BCUT2D eigenvalue weighted by atomic mass is 19.4. The molecule has 13 nitrogen and oxygen atoms in total. The number of ether oxygens (including phenoxy) is 1. The van der Waals surface area contributed by atoms with Crippen molar-refractivity contribution in [2.24, 2.45) is 14.1 Å². The lowest BCUT2D eigenvalue weighted by molar-refractivity contribution is -0.193. The number of carbonyl (C=O) groups excluding carboxylic acids is 1. The summed E-state index contributed by atoms with van der Waals surface area (Å²) in [7, 11) is 7.27. The number of fused-ring (bicyclic) bond motifs is 1. The maximum Gasteiger partial charge on any atom is 0.490 e. The third-order valence-corrected chi connectivity index (χ3v) is 4.88. The van der Waals surface area contributed by atoms with Gasteiger partial charge < -0.3 is 19.8 Å². The molecule has 3 rings (SSSR count). The third-order valence-electron chi connectivity index (χ3n) is 4.88. The smallest absolute Gasteiger partial charge is 0.475 e. The first kappa shape index (κ1) is 33.3. The van der Waals surface area contributed by atoms with Crippen LogP contribution in [0.25, 0.3) is 0 Å². The number of aliphatic carboxylic acids is 2. The van der Waals surface area contributed by atoms with E-state index < -0.39 is 24.3 Å². The van der Waals surface area contributed by atoms with Crippen molar-refractivity contribution in [1.82, 2.24) is 34.6 Å². The van der Waals surface area contributed by atoms with E-state index in [1.54, 1.807) is 18.8 Å². The molecule has 2 aromatic rings. The molecule has 220 valence electrons. The van der Waals surface area contributed by atoms with Crippen LogP contribution in [0, 0.1) is 0 Å². The Bertz CT molecular complexity index is 1090. The molecular weight excluding hydrogens is 548 g/mol. The first-order valence-corrected chi connectivity index (χ1v) is 10.8. The maximum atomic E-state index is 11.7. The Kier molecular flexibility index (Phi) is 11.8. The molecule has 0 aromatic carbocycles. The van der Waals surface area contributed by atoms with E-state index in [4.69, 9.17) is 24.5 Å². The zero-order valence-corrected chi connectivity index (χ0v) is 21.2. The lowest BCUT2D eigenvalue weighted by Crippen LogP contribution is -2.36. The monoisotopic (exact) mass is 575 g/mol. The lowest BCUT2D eigenvalue weighted by Gasteiger charge is -2.31. The number of amides is 1. The van der Waals surface area contributed by atoms with Crippen LogP contribution < -0.4 is 0 Å². The average Bonchev–Trinajstić information content (AvgIpc) is 3.38. The van der Waals surface area contributed by atoms with Crippen LogP contribution in [-0.4, -0.2) is 109 Å². The molecule has 1 aliphatic heterocycles. The zero-order chi connectivity index (χ0) is 30.1. The van der Waals surface area contributed by atoms with E-state index >= 15 is 0 Å². The van der Waals surface area contributed by atoms with Gasteiger partial charge in [-0.2, -0.15) is 31.4 Å². The van der Waals surface area contributed by atoms with Crippen LogP contribution in [-0.2, 0) is 46.3 Å². The summed E-state index contributed by atoms with van der Waals surface area (Å²) >= 11 is 0. The van der Waals surface area contributed by atoms with Crippen LogP contribution in [0.3, 0.4) is 0 Å². The normalized spacial score (nSPS) is 15.3. The summed E-state index contributed by atoms with van der Waals surface area (Å²) < 4.78 is 72.8. The molecule has 0 radical (unpaired) electrons. The molecule has 2 aromatic heterocycles. The topological polar surface area (TPSA) is 156 Å². The number of carboxylic acid groups (broad SMARTS) is 2. The first-order chi connectivity index (χ1) is 17.8. The molecule has 0 bridgehead atoms. The van der Waals surface area contributed by atoms with Gasteiger partial charge in [0.05, 0.1) is 18.5 Å². The van der Waals surface area contributed by atoms with Gasteiger partial charge in [-0.1, -0.05) is 5.21 Å². The number of hydrogen-bond donors (Lipinski definition) is 2. The predicted octanol–water partition coefficient (Wildman–Crippen LogP) is 1.02. The molecule has 0 saturated heterocycles. The van der Waals surface area contributed by atoms with Gasteiger partial charge in [0.1, 0.15) is 12.3 Å². The summed E-state index contributed by atoms with van der Waals surface area (Å²) in [5.41, 5.74) is 3.24. The molecule has 2 N–H and O–H groups in total. The largest absolute Gasteiger partial charge is 0.490 e. The second-order valence-corrected chi connectivity index (χ2v) is 8.34. The molecule has 0 saturated carbocycles. The number of aromatic nitrogens is 5. The number of carbonyl (C=O) groups is 3. The molecule has 1 amide bonds. The molecule has 3 heterocycles. The average molecular weight is 575 g/mol. The van der Waals surface area contributed by atoms with E-state index in [1.807, 2.05) is 31.2 Å². The van der Waals surface area contributed by atoms with Gasteiger partial charge in [0, 0.05) is 65.5 Å². The maximum absolute atomic E-state index is 11.7. The molecule has 19 heteroatoms. The Labute approximate surface area is 217 Å². The lowest BCUT2D eigenvalue weighted by atomic mass is 9.98. The molecule has 0 fully saturated rings. The van der Waals surface area contributed by atoms with Crippen molar-refractivity contribution >= 4 is 17.8 Å². The highest BCUT2D eigenvalue weighted by Gasteiger charge is 2.39. The Morgan fingerprint density at radius 2 is 1.62 bits per heavy atom. The van der Waals surface area contributed by atoms with Crippen molar-refractivity contribution in [3.05, 3.63) is 29.3 Å². The number of carboxylic acids is 2. The van der Waals surface area contributed by atoms with E-state index in [-0.39, 0.29) is 18.4 Å².